The number of nitrogens with one attached hydrogen (secondary N) is 1. The van der Waals surface area contributed by atoms with Gasteiger partial charge in [0, 0.05) is 6.04 Å². The average Bonchev–Trinajstić information content (AvgIpc) is 3.16. The van der Waals surface area contributed by atoms with Crippen molar-refractivity contribution in [2.75, 3.05) is 6.61 Å². The molecule has 1 aromatic carbocycles. The van der Waals surface area contributed by atoms with Crippen LogP contribution in [0, 0.1) is 5.92 Å². The van der Waals surface area contributed by atoms with Crippen LogP contribution in [0.3, 0.4) is 0 Å². The molecule has 2 N–H and O–H groups in total. The lowest BCUT2D eigenvalue weighted by Gasteiger charge is -2.24. The van der Waals surface area contributed by atoms with Crippen molar-refractivity contribution in [3.63, 3.8) is 0 Å². The van der Waals surface area contributed by atoms with Crippen LogP contribution in [0.4, 0.5) is 0 Å². The molecule has 1 fully saturated rings. The van der Waals surface area contributed by atoms with Gasteiger partial charge in [0.15, 0.2) is 0 Å². The minimum absolute atomic E-state index is 0.0896. The molecule has 1 aromatic rings. The number of aliphatic hydroxyl groups excluding tert-OH is 1. The lowest BCUT2D eigenvalue weighted by atomic mass is 10.0. The Balaban J connectivity index is 1.99. The summed E-state index contributed by atoms with van der Waals surface area (Å²) >= 11 is 0. The molecule has 1 aliphatic rings. The molecular weight excluding hydrogens is 198 g/mol. The molecule has 0 spiro atoms. The first-order valence-corrected chi connectivity index (χ1v) is 6.27. The predicted molar refractivity (Wildman–Crippen MR) is 66.2 cm³/mol. The first-order valence-electron chi connectivity index (χ1n) is 6.27. The Morgan fingerprint density at radius 2 is 2.00 bits per heavy atom. The molecule has 88 valence electrons. The standard InChI is InChI=1S/C14H21NO/c1-2-13(12-8-9-12)15-14(10-16)11-6-4-3-5-7-11/h3-7,12-16H,2,8-10H2,1H3. The van der Waals surface area contributed by atoms with Crippen LogP contribution >= 0.6 is 0 Å². The number of hydrogen-bond acceptors (Lipinski definition) is 2. The molecule has 2 nitrogen and oxygen atoms in total. The minimum atomic E-state index is 0.0896. The molecule has 0 aliphatic heterocycles. The van der Waals surface area contributed by atoms with Gasteiger partial charge >= 0.3 is 0 Å². The highest BCUT2D eigenvalue weighted by molar-refractivity contribution is 5.19. The summed E-state index contributed by atoms with van der Waals surface area (Å²) in [6, 6.07) is 10.9. The SMILES string of the molecule is CCC(NC(CO)c1ccccc1)C1CC1. The molecule has 0 aromatic heterocycles. The van der Waals surface area contributed by atoms with E-state index in [0.717, 1.165) is 12.3 Å². The second-order valence-corrected chi connectivity index (χ2v) is 4.66. The molecule has 2 rings (SSSR count). The van der Waals surface area contributed by atoms with Gasteiger partial charge in [0.2, 0.25) is 0 Å². The number of hydrogen-bond donors (Lipinski definition) is 2. The van der Waals surface area contributed by atoms with Crippen LogP contribution in [0.15, 0.2) is 30.3 Å². The zero-order valence-corrected chi connectivity index (χ0v) is 9.89. The number of aliphatic hydroxyl groups is 1. The second-order valence-electron chi connectivity index (χ2n) is 4.66. The first kappa shape index (κ1) is 11.6. The number of rotatable bonds is 6. The van der Waals surface area contributed by atoms with Crippen molar-refractivity contribution in [2.45, 2.75) is 38.3 Å². The van der Waals surface area contributed by atoms with Crippen LogP contribution in [0.25, 0.3) is 0 Å². The zero-order valence-electron chi connectivity index (χ0n) is 9.89. The number of benzene rings is 1. The summed E-state index contributed by atoms with van der Waals surface area (Å²) in [5.41, 5.74) is 1.18. The molecule has 0 heterocycles. The van der Waals surface area contributed by atoms with Crippen molar-refractivity contribution >= 4 is 0 Å². The van der Waals surface area contributed by atoms with Gasteiger partial charge in [-0.15, -0.1) is 0 Å². The van der Waals surface area contributed by atoms with Crippen LogP contribution in [0.2, 0.25) is 0 Å². The Morgan fingerprint density at radius 3 is 2.50 bits per heavy atom. The van der Waals surface area contributed by atoms with E-state index in [1.807, 2.05) is 18.2 Å². The molecule has 16 heavy (non-hydrogen) atoms. The van der Waals surface area contributed by atoms with Crippen LogP contribution in [0.1, 0.15) is 37.8 Å². The van der Waals surface area contributed by atoms with Gasteiger partial charge in [-0.25, -0.2) is 0 Å². The highest BCUT2D eigenvalue weighted by atomic mass is 16.3. The van der Waals surface area contributed by atoms with E-state index in [9.17, 15) is 5.11 Å². The lowest BCUT2D eigenvalue weighted by Crippen LogP contribution is -2.35. The summed E-state index contributed by atoms with van der Waals surface area (Å²) in [7, 11) is 0. The second kappa shape index (κ2) is 5.46. The van der Waals surface area contributed by atoms with E-state index in [4.69, 9.17) is 0 Å². The van der Waals surface area contributed by atoms with E-state index in [0.29, 0.717) is 6.04 Å². The van der Waals surface area contributed by atoms with E-state index < -0.39 is 0 Å². The Bertz CT molecular complexity index is 308. The Morgan fingerprint density at radius 1 is 1.31 bits per heavy atom. The van der Waals surface area contributed by atoms with E-state index in [-0.39, 0.29) is 12.6 Å². The fourth-order valence-corrected chi connectivity index (χ4v) is 2.28. The quantitative estimate of drug-likeness (QED) is 0.770. The minimum Gasteiger partial charge on any atom is -0.394 e. The van der Waals surface area contributed by atoms with Gasteiger partial charge in [0.1, 0.15) is 0 Å². The zero-order chi connectivity index (χ0) is 11.4. The van der Waals surface area contributed by atoms with Crippen molar-refractivity contribution in [3.8, 4) is 0 Å². The van der Waals surface area contributed by atoms with Crippen molar-refractivity contribution < 1.29 is 5.11 Å². The van der Waals surface area contributed by atoms with Crippen molar-refractivity contribution in [1.29, 1.82) is 0 Å². The summed E-state index contributed by atoms with van der Waals surface area (Å²) in [5.74, 6) is 0.836. The van der Waals surface area contributed by atoms with E-state index in [2.05, 4.69) is 24.4 Å². The molecule has 2 atom stereocenters. The third-order valence-corrected chi connectivity index (χ3v) is 3.43. The monoisotopic (exact) mass is 219 g/mol. The molecule has 0 amide bonds. The van der Waals surface area contributed by atoms with Crippen LogP contribution < -0.4 is 5.32 Å². The summed E-state index contributed by atoms with van der Waals surface area (Å²) in [6.07, 6.45) is 3.84. The maximum atomic E-state index is 9.46. The third kappa shape index (κ3) is 2.83. The Hall–Kier alpha value is -0.860. The molecule has 1 aliphatic carbocycles. The highest BCUT2D eigenvalue weighted by Gasteiger charge is 2.31. The first-order chi connectivity index (χ1) is 7.85. The van der Waals surface area contributed by atoms with Crippen molar-refractivity contribution in [3.05, 3.63) is 35.9 Å². The van der Waals surface area contributed by atoms with Gasteiger partial charge < -0.3 is 10.4 Å². The lowest BCUT2D eigenvalue weighted by molar-refractivity contribution is 0.226. The topological polar surface area (TPSA) is 32.3 Å². The van der Waals surface area contributed by atoms with Crippen molar-refractivity contribution in [2.24, 2.45) is 5.92 Å². The molecule has 0 bridgehead atoms. The van der Waals surface area contributed by atoms with E-state index in [1.165, 1.54) is 18.4 Å². The molecule has 1 saturated carbocycles. The summed E-state index contributed by atoms with van der Waals surface area (Å²) in [5, 5.41) is 13.0. The predicted octanol–water partition coefficient (Wildman–Crippen LogP) is 2.50. The van der Waals surface area contributed by atoms with Crippen LogP contribution in [0.5, 0.6) is 0 Å². The summed E-state index contributed by atoms with van der Waals surface area (Å²) in [6.45, 7) is 2.39. The van der Waals surface area contributed by atoms with Gasteiger partial charge in [-0.2, -0.15) is 0 Å². The Labute approximate surface area is 97.7 Å². The Kier molecular flexibility index (Phi) is 3.97. The van der Waals surface area contributed by atoms with E-state index in [1.54, 1.807) is 0 Å². The van der Waals surface area contributed by atoms with Gasteiger partial charge in [0.05, 0.1) is 12.6 Å². The van der Waals surface area contributed by atoms with Crippen LogP contribution in [-0.2, 0) is 0 Å². The van der Waals surface area contributed by atoms with Gasteiger partial charge in [0.25, 0.3) is 0 Å². The maximum absolute atomic E-state index is 9.46. The highest BCUT2D eigenvalue weighted by Crippen LogP contribution is 2.35. The fraction of sp³-hybridized carbons (Fsp3) is 0.571. The fourth-order valence-electron chi connectivity index (χ4n) is 2.28. The molecule has 0 saturated heterocycles. The largest absolute Gasteiger partial charge is 0.394 e. The van der Waals surface area contributed by atoms with Crippen molar-refractivity contribution in [1.82, 2.24) is 5.32 Å². The molecular formula is C14H21NO. The summed E-state index contributed by atoms with van der Waals surface area (Å²) < 4.78 is 0. The van der Waals surface area contributed by atoms with Crippen LogP contribution in [-0.4, -0.2) is 17.8 Å². The molecule has 2 heteroatoms. The van der Waals surface area contributed by atoms with Gasteiger partial charge in [-0.1, -0.05) is 37.3 Å². The summed E-state index contributed by atoms with van der Waals surface area (Å²) in [4.78, 5) is 0. The third-order valence-electron chi connectivity index (χ3n) is 3.43. The van der Waals surface area contributed by atoms with E-state index >= 15 is 0 Å². The molecule has 2 unspecified atom stereocenters. The normalized spacial score (nSPS) is 19.4. The van der Waals surface area contributed by atoms with Gasteiger partial charge in [-0.05, 0) is 30.7 Å². The molecule has 0 radical (unpaired) electrons. The smallest absolute Gasteiger partial charge is 0.0626 e. The maximum Gasteiger partial charge on any atom is 0.0626 e. The average molecular weight is 219 g/mol. The van der Waals surface area contributed by atoms with Gasteiger partial charge in [-0.3, -0.25) is 0 Å².